The lowest BCUT2D eigenvalue weighted by Crippen LogP contribution is -2.14. The van der Waals surface area contributed by atoms with Crippen LogP contribution in [0, 0.1) is 13.8 Å². The van der Waals surface area contributed by atoms with Crippen LogP contribution in [0.15, 0.2) is 42.5 Å². The van der Waals surface area contributed by atoms with Crippen LogP contribution in [-0.2, 0) is 9.53 Å². The summed E-state index contributed by atoms with van der Waals surface area (Å²) in [6.45, 7) is 6.00. The highest BCUT2D eigenvalue weighted by molar-refractivity contribution is 6.00. The van der Waals surface area contributed by atoms with E-state index in [2.05, 4.69) is 5.32 Å². The number of carbonyl (C=O) groups is 3. The third kappa shape index (κ3) is 5.28. The topological polar surface area (TPSA) is 72.5 Å². The van der Waals surface area contributed by atoms with E-state index in [1.807, 2.05) is 26.0 Å². The molecule has 0 aliphatic rings. The molecule has 26 heavy (non-hydrogen) atoms. The lowest BCUT2D eigenvalue weighted by Gasteiger charge is -2.07. The summed E-state index contributed by atoms with van der Waals surface area (Å²) in [6.07, 6.45) is 0.251. The van der Waals surface area contributed by atoms with Gasteiger partial charge < -0.3 is 10.1 Å². The first-order chi connectivity index (χ1) is 12.4. The summed E-state index contributed by atoms with van der Waals surface area (Å²) in [4.78, 5) is 35.8. The Morgan fingerprint density at radius 1 is 0.885 bits per heavy atom. The maximum absolute atomic E-state index is 12.2. The summed E-state index contributed by atoms with van der Waals surface area (Å²) in [5, 5.41) is 2.72. The highest BCUT2D eigenvalue weighted by atomic mass is 16.5. The second-order valence-corrected chi connectivity index (χ2v) is 6.07. The van der Waals surface area contributed by atoms with Gasteiger partial charge in [-0.2, -0.15) is 0 Å². The maximum atomic E-state index is 12.2. The van der Waals surface area contributed by atoms with Crippen molar-refractivity contribution in [3.05, 3.63) is 64.7 Å². The Kier molecular flexibility index (Phi) is 6.67. The molecule has 0 saturated heterocycles. The number of ether oxygens (including phenoxy) is 1. The number of rotatable bonds is 7. The number of esters is 1. The lowest BCUT2D eigenvalue weighted by molar-refractivity contribution is -0.116. The number of hydrogen-bond donors (Lipinski definition) is 1. The molecule has 0 heterocycles. The van der Waals surface area contributed by atoms with E-state index in [0.717, 1.165) is 11.1 Å². The van der Waals surface area contributed by atoms with E-state index >= 15 is 0 Å². The van der Waals surface area contributed by atoms with Gasteiger partial charge in [0.1, 0.15) is 0 Å². The molecule has 0 saturated carbocycles. The van der Waals surface area contributed by atoms with Gasteiger partial charge in [-0.1, -0.05) is 12.1 Å². The van der Waals surface area contributed by atoms with E-state index in [-0.39, 0.29) is 24.5 Å². The zero-order valence-electron chi connectivity index (χ0n) is 15.3. The molecule has 5 nitrogen and oxygen atoms in total. The predicted molar refractivity (Wildman–Crippen MR) is 101 cm³/mol. The van der Waals surface area contributed by atoms with Crippen LogP contribution >= 0.6 is 0 Å². The van der Waals surface area contributed by atoms with Gasteiger partial charge in [-0.25, -0.2) is 4.79 Å². The third-order valence-corrected chi connectivity index (χ3v) is 4.09. The van der Waals surface area contributed by atoms with Crippen LogP contribution in [0.2, 0.25) is 0 Å². The minimum Gasteiger partial charge on any atom is -0.462 e. The fraction of sp³-hybridized carbons (Fsp3) is 0.286. The van der Waals surface area contributed by atoms with Gasteiger partial charge in [0.05, 0.1) is 12.2 Å². The van der Waals surface area contributed by atoms with Crippen LogP contribution < -0.4 is 5.32 Å². The van der Waals surface area contributed by atoms with E-state index in [0.29, 0.717) is 23.4 Å². The van der Waals surface area contributed by atoms with Gasteiger partial charge in [0.2, 0.25) is 5.91 Å². The first kappa shape index (κ1) is 19.4. The fourth-order valence-electron chi connectivity index (χ4n) is 2.41. The smallest absolute Gasteiger partial charge is 0.338 e. The number of anilines is 1. The number of benzene rings is 2. The van der Waals surface area contributed by atoms with Crippen molar-refractivity contribution >= 4 is 23.3 Å². The molecular weight excluding hydrogens is 330 g/mol. The summed E-state index contributed by atoms with van der Waals surface area (Å²) in [7, 11) is 0. The first-order valence-electron chi connectivity index (χ1n) is 8.58. The van der Waals surface area contributed by atoms with Crippen molar-refractivity contribution in [2.75, 3.05) is 11.9 Å². The van der Waals surface area contributed by atoms with E-state index in [1.54, 1.807) is 37.3 Å². The average Bonchev–Trinajstić information content (AvgIpc) is 2.62. The number of amides is 1. The SMILES string of the molecule is CCOC(=O)c1ccc(NC(=O)CCC(=O)c2ccc(C)c(C)c2)cc1. The second-order valence-electron chi connectivity index (χ2n) is 6.07. The lowest BCUT2D eigenvalue weighted by atomic mass is 10.0. The zero-order valence-corrected chi connectivity index (χ0v) is 15.3. The molecule has 0 unspecified atom stereocenters. The molecule has 0 aromatic heterocycles. The quantitative estimate of drug-likeness (QED) is 0.601. The number of Topliss-reactive ketones (excluding diaryl/α,β-unsaturated/α-hetero) is 1. The van der Waals surface area contributed by atoms with Crippen LogP contribution in [0.1, 0.15) is 51.6 Å². The van der Waals surface area contributed by atoms with Crippen LogP contribution in [0.5, 0.6) is 0 Å². The Balaban J connectivity index is 1.87. The molecule has 0 aliphatic carbocycles. The predicted octanol–water partition coefficient (Wildman–Crippen LogP) is 4.08. The summed E-state index contributed by atoms with van der Waals surface area (Å²) in [5.41, 5.74) is 3.81. The number of hydrogen-bond acceptors (Lipinski definition) is 4. The van der Waals surface area contributed by atoms with Gasteiger partial charge in [0.25, 0.3) is 0 Å². The van der Waals surface area contributed by atoms with E-state index in [4.69, 9.17) is 4.74 Å². The molecule has 1 N–H and O–H groups in total. The van der Waals surface area contributed by atoms with Crippen LogP contribution in [0.3, 0.4) is 0 Å². The highest BCUT2D eigenvalue weighted by Crippen LogP contribution is 2.14. The minimum absolute atomic E-state index is 0.0547. The van der Waals surface area contributed by atoms with Gasteiger partial charge in [0.15, 0.2) is 5.78 Å². The van der Waals surface area contributed by atoms with Crippen molar-refractivity contribution in [3.63, 3.8) is 0 Å². The Bertz CT molecular complexity index is 809. The number of aryl methyl sites for hydroxylation is 2. The number of carbonyl (C=O) groups excluding carboxylic acids is 3. The normalized spacial score (nSPS) is 10.3. The van der Waals surface area contributed by atoms with Crippen molar-refractivity contribution in [3.8, 4) is 0 Å². The Hall–Kier alpha value is -2.95. The molecule has 0 radical (unpaired) electrons. The number of ketones is 1. The summed E-state index contributed by atoms with van der Waals surface area (Å²) in [6, 6.07) is 12.0. The highest BCUT2D eigenvalue weighted by Gasteiger charge is 2.11. The van der Waals surface area contributed by atoms with Crippen LogP contribution in [-0.4, -0.2) is 24.3 Å². The van der Waals surface area contributed by atoms with Gasteiger partial charge in [-0.3, -0.25) is 9.59 Å². The fourth-order valence-corrected chi connectivity index (χ4v) is 2.41. The number of nitrogens with one attached hydrogen (secondary N) is 1. The largest absolute Gasteiger partial charge is 0.462 e. The third-order valence-electron chi connectivity index (χ3n) is 4.09. The van der Waals surface area contributed by atoms with Gasteiger partial charge in [0, 0.05) is 24.1 Å². The summed E-state index contributed by atoms with van der Waals surface area (Å²) in [5.74, 6) is -0.698. The Morgan fingerprint density at radius 3 is 2.15 bits per heavy atom. The zero-order chi connectivity index (χ0) is 19.1. The van der Waals surface area contributed by atoms with Gasteiger partial charge in [-0.05, 0) is 62.2 Å². The Labute approximate surface area is 153 Å². The molecular formula is C21H23NO4. The molecule has 0 atom stereocenters. The second kappa shape index (κ2) is 8.94. The molecule has 0 aliphatic heterocycles. The van der Waals surface area contributed by atoms with Crippen molar-refractivity contribution in [2.24, 2.45) is 0 Å². The molecule has 5 heteroatoms. The first-order valence-corrected chi connectivity index (χ1v) is 8.58. The van der Waals surface area contributed by atoms with E-state index in [1.165, 1.54) is 0 Å². The molecule has 0 bridgehead atoms. The maximum Gasteiger partial charge on any atom is 0.338 e. The van der Waals surface area contributed by atoms with Gasteiger partial charge in [-0.15, -0.1) is 0 Å². The van der Waals surface area contributed by atoms with Crippen LogP contribution in [0.4, 0.5) is 5.69 Å². The summed E-state index contributed by atoms with van der Waals surface area (Å²) >= 11 is 0. The Morgan fingerprint density at radius 2 is 1.54 bits per heavy atom. The van der Waals surface area contributed by atoms with Crippen molar-refractivity contribution in [2.45, 2.75) is 33.6 Å². The molecule has 1 amide bonds. The monoisotopic (exact) mass is 353 g/mol. The average molecular weight is 353 g/mol. The summed E-state index contributed by atoms with van der Waals surface area (Å²) < 4.78 is 4.91. The molecule has 0 spiro atoms. The van der Waals surface area contributed by atoms with E-state index < -0.39 is 5.97 Å². The van der Waals surface area contributed by atoms with Crippen molar-refractivity contribution in [1.82, 2.24) is 0 Å². The standard InChI is InChI=1S/C21H23NO4/c1-4-26-21(25)16-7-9-18(10-8-16)22-20(24)12-11-19(23)17-6-5-14(2)15(3)13-17/h5-10,13H,4,11-12H2,1-3H3,(H,22,24). The van der Waals surface area contributed by atoms with Crippen molar-refractivity contribution in [1.29, 1.82) is 0 Å². The minimum atomic E-state index is -0.399. The molecule has 2 rings (SSSR count). The van der Waals surface area contributed by atoms with Gasteiger partial charge >= 0.3 is 5.97 Å². The van der Waals surface area contributed by atoms with Crippen LogP contribution in [0.25, 0.3) is 0 Å². The molecule has 136 valence electrons. The van der Waals surface area contributed by atoms with Crippen molar-refractivity contribution < 1.29 is 19.1 Å². The molecule has 2 aromatic carbocycles. The molecule has 2 aromatic rings. The van der Waals surface area contributed by atoms with E-state index in [9.17, 15) is 14.4 Å². The molecule has 0 fully saturated rings.